The molecule has 21 heavy (non-hydrogen) atoms. The van der Waals surface area contributed by atoms with E-state index in [1.165, 1.54) is 0 Å². The fraction of sp³-hybridized carbons (Fsp3) is 0.375. The number of aliphatic hydroxyl groups is 1. The zero-order valence-electron chi connectivity index (χ0n) is 12.0. The summed E-state index contributed by atoms with van der Waals surface area (Å²) in [5.74, 6) is 0.901. The van der Waals surface area contributed by atoms with E-state index in [0.717, 1.165) is 30.2 Å². The average molecular weight is 304 g/mol. The van der Waals surface area contributed by atoms with Gasteiger partial charge in [-0.2, -0.15) is 0 Å². The maximum absolute atomic E-state index is 10.8. The van der Waals surface area contributed by atoms with Crippen LogP contribution in [0.1, 0.15) is 24.1 Å². The molecule has 1 saturated heterocycles. The van der Waals surface area contributed by atoms with E-state index in [4.69, 9.17) is 11.6 Å². The molecule has 4 nitrogen and oxygen atoms in total. The minimum atomic E-state index is -0.837. The third kappa shape index (κ3) is 3.01. The summed E-state index contributed by atoms with van der Waals surface area (Å²) in [6.45, 7) is 3.50. The first-order chi connectivity index (χ1) is 10.1. The Morgan fingerprint density at radius 3 is 2.43 bits per heavy atom. The lowest BCUT2D eigenvalue weighted by atomic mass is 9.87. The summed E-state index contributed by atoms with van der Waals surface area (Å²) in [6.07, 6.45) is 4.75. The van der Waals surface area contributed by atoms with Gasteiger partial charge in [0.2, 0.25) is 0 Å². The smallest absolute Gasteiger partial charge is 0.128 e. The Kier molecular flexibility index (Phi) is 3.83. The maximum atomic E-state index is 10.8. The van der Waals surface area contributed by atoms with Crippen molar-refractivity contribution in [3.63, 3.8) is 0 Å². The van der Waals surface area contributed by atoms with E-state index in [1.54, 1.807) is 12.4 Å². The van der Waals surface area contributed by atoms with Crippen molar-refractivity contribution in [3.8, 4) is 0 Å². The van der Waals surface area contributed by atoms with Crippen molar-refractivity contribution in [1.82, 2.24) is 9.97 Å². The van der Waals surface area contributed by atoms with Crippen molar-refractivity contribution >= 4 is 17.4 Å². The molecule has 1 aliphatic heterocycles. The molecule has 0 aromatic carbocycles. The van der Waals surface area contributed by atoms with Crippen LogP contribution in [-0.4, -0.2) is 28.2 Å². The number of piperidine rings is 1. The monoisotopic (exact) mass is 303 g/mol. The van der Waals surface area contributed by atoms with E-state index in [9.17, 15) is 5.11 Å². The van der Waals surface area contributed by atoms with Crippen molar-refractivity contribution in [2.24, 2.45) is 0 Å². The van der Waals surface area contributed by atoms with E-state index in [0.29, 0.717) is 17.9 Å². The normalized spacial score (nSPS) is 17.8. The Morgan fingerprint density at radius 1 is 1.10 bits per heavy atom. The van der Waals surface area contributed by atoms with Crippen LogP contribution < -0.4 is 4.90 Å². The predicted molar refractivity (Wildman–Crippen MR) is 83.6 cm³/mol. The van der Waals surface area contributed by atoms with Crippen LogP contribution >= 0.6 is 11.6 Å². The second-order valence-electron chi connectivity index (χ2n) is 5.57. The highest BCUT2D eigenvalue weighted by Crippen LogP contribution is 2.33. The van der Waals surface area contributed by atoms with Gasteiger partial charge >= 0.3 is 0 Å². The molecule has 3 heterocycles. The lowest BCUT2D eigenvalue weighted by Crippen LogP contribution is -2.43. The summed E-state index contributed by atoms with van der Waals surface area (Å²) >= 11 is 5.86. The highest BCUT2D eigenvalue weighted by atomic mass is 35.5. The number of nitrogens with zero attached hydrogens (tertiary/aromatic N) is 3. The number of aryl methyl sites for hydroxylation is 1. The Labute approximate surface area is 129 Å². The lowest BCUT2D eigenvalue weighted by molar-refractivity contribution is 0.00748. The Bertz CT molecular complexity index is 604. The molecule has 0 radical (unpaired) electrons. The average Bonchev–Trinajstić information content (AvgIpc) is 2.50. The Balaban J connectivity index is 1.72. The van der Waals surface area contributed by atoms with Crippen molar-refractivity contribution in [2.75, 3.05) is 18.0 Å². The molecule has 0 amide bonds. The topological polar surface area (TPSA) is 49.2 Å². The largest absolute Gasteiger partial charge is 0.383 e. The van der Waals surface area contributed by atoms with E-state index in [1.807, 2.05) is 31.2 Å². The number of pyridine rings is 2. The van der Waals surface area contributed by atoms with Gasteiger partial charge in [-0.15, -0.1) is 0 Å². The molecule has 0 saturated carbocycles. The number of hydrogen-bond donors (Lipinski definition) is 1. The van der Waals surface area contributed by atoms with Gasteiger partial charge in [0.25, 0.3) is 0 Å². The molecule has 3 rings (SSSR count). The second kappa shape index (κ2) is 5.62. The molecule has 1 aliphatic rings. The fourth-order valence-corrected chi connectivity index (χ4v) is 2.77. The van der Waals surface area contributed by atoms with Gasteiger partial charge in [-0.25, -0.2) is 4.98 Å². The SMILES string of the molecule is Cc1ccc(C2(O)CCN(c3ccc(Cl)cn3)CC2)nc1. The summed E-state index contributed by atoms with van der Waals surface area (Å²) in [6, 6.07) is 7.67. The molecule has 0 atom stereocenters. The van der Waals surface area contributed by atoms with Gasteiger partial charge in [-0.05, 0) is 43.5 Å². The van der Waals surface area contributed by atoms with E-state index in [2.05, 4.69) is 14.9 Å². The molecule has 110 valence electrons. The number of aromatic nitrogens is 2. The van der Waals surface area contributed by atoms with Crippen LogP contribution in [0, 0.1) is 6.92 Å². The van der Waals surface area contributed by atoms with Crippen LogP contribution in [0.2, 0.25) is 5.02 Å². The molecule has 5 heteroatoms. The van der Waals surface area contributed by atoms with Crippen LogP contribution in [0.4, 0.5) is 5.82 Å². The highest BCUT2D eigenvalue weighted by molar-refractivity contribution is 6.30. The lowest BCUT2D eigenvalue weighted by Gasteiger charge is -2.38. The van der Waals surface area contributed by atoms with Crippen LogP contribution in [-0.2, 0) is 5.60 Å². The standard InChI is InChI=1S/C16H18ClN3O/c1-12-2-4-14(18-10-12)16(21)6-8-20(9-7-16)15-5-3-13(17)11-19-15/h2-5,10-11,21H,6-9H2,1H3. The summed E-state index contributed by atoms with van der Waals surface area (Å²) < 4.78 is 0. The maximum Gasteiger partial charge on any atom is 0.128 e. The predicted octanol–water partition coefficient (Wildman–Crippen LogP) is 2.93. The molecule has 0 unspecified atom stereocenters. The summed E-state index contributed by atoms with van der Waals surface area (Å²) in [5, 5.41) is 11.4. The Morgan fingerprint density at radius 2 is 1.86 bits per heavy atom. The molecular formula is C16H18ClN3O. The number of hydrogen-bond acceptors (Lipinski definition) is 4. The molecule has 0 aliphatic carbocycles. The zero-order valence-corrected chi connectivity index (χ0v) is 12.7. The van der Waals surface area contributed by atoms with Crippen LogP contribution in [0.3, 0.4) is 0 Å². The number of rotatable bonds is 2. The van der Waals surface area contributed by atoms with E-state index < -0.39 is 5.60 Å². The molecule has 2 aromatic rings. The summed E-state index contributed by atoms with van der Waals surface area (Å²) in [5.41, 5.74) is 1.03. The quantitative estimate of drug-likeness (QED) is 0.927. The highest BCUT2D eigenvalue weighted by Gasteiger charge is 2.35. The molecule has 0 spiro atoms. The fourth-order valence-electron chi connectivity index (χ4n) is 2.66. The first-order valence-corrected chi connectivity index (χ1v) is 7.47. The van der Waals surface area contributed by atoms with Crippen molar-refractivity contribution in [2.45, 2.75) is 25.4 Å². The van der Waals surface area contributed by atoms with Gasteiger partial charge in [0.15, 0.2) is 0 Å². The molecular weight excluding hydrogens is 286 g/mol. The third-order valence-electron chi connectivity index (χ3n) is 4.01. The van der Waals surface area contributed by atoms with Crippen molar-refractivity contribution in [3.05, 3.63) is 52.9 Å². The first kappa shape index (κ1) is 14.3. The van der Waals surface area contributed by atoms with E-state index >= 15 is 0 Å². The first-order valence-electron chi connectivity index (χ1n) is 7.09. The van der Waals surface area contributed by atoms with Gasteiger partial charge in [0.05, 0.1) is 10.7 Å². The van der Waals surface area contributed by atoms with Gasteiger partial charge in [0, 0.05) is 25.5 Å². The molecule has 0 bridgehead atoms. The van der Waals surface area contributed by atoms with Gasteiger partial charge in [-0.1, -0.05) is 17.7 Å². The van der Waals surface area contributed by atoms with Crippen LogP contribution in [0.5, 0.6) is 0 Å². The minimum absolute atomic E-state index is 0.635. The molecule has 2 aromatic heterocycles. The number of anilines is 1. The minimum Gasteiger partial charge on any atom is -0.383 e. The Hall–Kier alpha value is -1.65. The van der Waals surface area contributed by atoms with Crippen molar-refractivity contribution < 1.29 is 5.11 Å². The van der Waals surface area contributed by atoms with Gasteiger partial charge < -0.3 is 10.0 Å². The zero-order chi connectivity index (χ0) is 14.9. The van der Waals surface area contributed by atoms with Crippen LogP contribution in [0.15, 0.2) is 36.7 Å². The third-order valence-corrected chi connectivity index (χ3v) is 4.24. The van der Waals surface area contributed by atoms with E-state index in [-0.39, 0.29) is 0 Å². The van der Waals surface area contributed by atoms with Crippen LogP contribution in [0.25, 0.3) is 0 Å². The van der Waals surface area contributed by atoms with Gasteiger partial charge in [-0.3, -0.25) is 4.98 Å². The molecule has 1 fully saturated rings. The second-order valence-corrected chi connectivity index (χ2v) is 6.01. The van der Waals surface area contributed by atoms with Gasteiger partial charge in [0.1, 0.15) is 11.4 Å². The molecule has 1 N–H and O–H groups in total. The summed E-state index contributed by atoms with van der Waals surface area (Å²) in [7, 11) is 0. The number of halogens is 1. The summed E-state index contributed by atoms with van der Waals surface area (Å²) in [4.78, 5) is 10.9. The van der Waals surface area contributed by atoms with Crippen molar-refractivity contribution in [1.29, 1.82) is 0 Å².